The van der Waals surface area contributed by atoms with E-state index in [1.165, 1.54) is 12.1 Å². The normalized spacial score (nSPS) is 12.0. The van der Waals surface area contributed by atoms with Gasteiger partial charge in [-0.15, -0.1) is 0 Å². The van der Waals surface area contributed by atoms with Gasteiger partial charge in [0.25, 0.3) is 0 Å². The van der Waals surface area contributed by atoms with Gasteiger partial charge in [0.1, 0.15) is 11.6 Å². The summed E-state index contributed by atoms with van der Waals surface area (Å²) in [5, 5.41) is 3.72. The van der Waals surface area contributed by atoms with Crippen molar-refractivity contribution in [3.8, 4) is 5.75 Å². The van der Waals surface area contributed by atoms with E-state index in [0.29, 0.717) is 17.2 Å². The fourth-order valence-electron chi connectivity index (χ4n) is 2.11. The molecule has 0 aromatic heterocycles. The Morgan fingerprint density at radius 3 is 2.62 bits per heavy atom. The van der Waals surface area contributed by atoms with Crippen molar-refractivity contribution in [1.29, 1.82) is 0 Å². The molecule has 0 amide bonds. The van der Waals surface area contributed by atoms with E-state index in [4.69, 9.17) is 27.9 Å². The Morgan fingerprint density at radius 1 is 1.19 bits per heavy atom. The van der Waals surface area contributed by atoms with Crippen LogP contribution in [0, 0.1) is 5.82 Å². The molecule has 0 heterocycles. The summed E-state index contributed by atoms with van der Waals surface area (Å²) in [6.07, 6.45) is 0. The Kier molecular flexibility index (Phi) is 5.32. The predicted molar refractivity (Wildman–Crippen MR) is 86.1 cm³/mol. The number of hydrogen-bond donors (Lipinski definition) is 1. The number of rotatable bonds is 5. The Labute approximate surface area is 133 Å². The highest BCUT2D eigenvalue weighted by molar-refractivity contribution is 6.36. The van der Waals surface area contributed by atoms with Gasteiger partial charge in [-0.05, 0) is 38.1 Å². The van der Waals surface area contributed by atoms with Crippen molar-refractivity contribution in [3.05, 3.63) is 57.8 Å². The van der Waals surface area contributed by atoms with Gasteiger partial charge in [-0.25, -0.2) is 4.39 Å². The first kappa shape index (κ1) is 15.9. The number of anilines is 1. The quantitative estimate of drug-likeness (QED) is 0.710. The number of para-hydroxylation sites is 2. The van der Waals surface area contributed by atoms with Gasteiger partial charge < -0.3 is 10.1 Å². The van der Waals surface area contributed by atoms with Crippen LogP contribution in [0.25, 0.3) is 0 Å². The number of hydrogen-bond acceptors (Lipinski definition) is 2. The Bertz CT molecular complexity index is 634. The summed E-state index contributed by atoms with van der Waals surface area (Å²) in [6, 6.07) is 10.0. The van der Waals surface area contributed by atoms with Crippen LogP contribution < -0.4 is 10.1 Å². The van der Waals surface area contributed by atoms with Crippen molar-refractivity contribution in [2.24, 2.45) is 0 Å². The highest BCUT2D eigenvalue weighted by Crippen LogP contribution is 2.35. The Hall–Kier alpha value is -1.45. The van der Waals surface area contributed by atoms with E-state index in [1.807, 2.05) is 38.1 Å². The molecule has 0 aliphatic carbocycles. The third-order valence-electron chi connectivity index (χ3n) is 3.07. The minimum Gasteiger partial charge on any atom is -0.492 e. The predicted octanol–water partition coefficient (Wildman–Crippen LogP) is 5.70. The van der Waals surface area contributed by atoms with Gasteiger partial charge in [-0.3, -0.25) is 0 Å². The largest absolute Gasteiger partial charge is 0.492 e. The molecule has 1 unspecified atom stereocenters. The topological polar surface area (TPSA) is 21.3 Å². The molecule has 2 rings (SSSR count). The highest BCUT2D eigenvalue weighted by atomic mass is 35.5. The van der Waals surface area contributed by atoms with Crippen LogP contribution >= 0.6 is 23.2 Å². The van der Waals surface area contributed by atoms with Crippen molar-refractivity contribution in [3.63, 3.8) is 0 Å². The molecule has 112 valence electrons. The molecule has 1 N–H and O–H groups in total. The maximum absolute atomic E-state index is 13.6. The van der Waals surface area contributed by atoms with Gasteiger partial charge in [0.2, 0.25) is 0 Å². The van der Waals surface area contributed by atoms with E-state index in [9.17, 15) is 4.39 Å². The van der Waals surface area contributed by atoms with Gasteiger partial charge in [0.05, 0.1) is 23.4 Å². The van der Waals surface area contributed by atoms with Crippen molar-refractivity contribution in [1.82, 2.24) is 0 Å². The Balaban J connectivity index is 2.31. The van der Waals surface area contributed by atoms with E-state index in [1.54, 1.807) is 0 Å². The number of nitrogens with one attached hydrogen (secondary N) is 1. The fourth-order valence-corrected chi connectivity index (χ4v) is 2.81. The second kappa shape index (κ2) is 7.01. The first-order chi connectivity index (χ1) is 10.0. The number of benzene rings is 2. The fraction of sp³-hybridized carbons (Fsp3) is 0.250. The van der Waals surface area contributed by atoms with E-state index in [2.05, 4.69) is 5.32 Å². The lowest BCUT2D eigenvalue weighted by Crippen LogP contribution is -2.10. The zero-order valence-corrected chi connectivity index (χ0v) is 13.3. The molecule has 5 heteroatoms. The molecule has 0 saturated carbocycles. The zero-order chi connectivity index (χ0) is 15.4. The number of ether oxygens (including phenoxy) is 1. The smallest absolute Gasteiger partial charge is 0.142 e. The molecule has 2 aromatic rings. The second-order valence-electron chi connectivity index (χ2n) is 4.55. The number of halogens is 3. The van der Waals surface area contributed by atoms with E-state index < -0.39 is 5.82 Å². The molecule has 0 bridgehead atoms. The average molecular weight is 328 g/mol. The summed E-state index contributed by atoms with van der Waals surface area (Å²) in [5.74, 6) is 0.248. The third-order valence-corrected chi connectivity index (χ3v) is 3.79. The molecule has 0 fully saturated rings. The van der Waals surface area contributed by atoms with E-state index in [0.717, 1.165) is 11.4 Å². The SMILES string of the molecule is CCOc1ccccc1NC(C)c1c(Cl)ccc(F)c1Cl. The monoisotopic (exact) mass is 327 g/mol. The van der Waals surface area contributed by atoms with Crippen molar-refractivity contribution >= 4 is 28.9 Å². The van der Waals surface area contributed by atoms with Gasteiger partial charge in [-0.2, -0.15) is 0 Å². The van der Waals surface area contributed by atoms with Crippen molar-refractivity contribution in [2.75, 3.05) is 11.9 Å². The van der Waals surface area contributed by atoms with Gasteiger partial charge in [0.15, 0.2) is 0 Å². The lowest BCUT2D eigenvalue weighted by molar-refractivity contribution is 0.341. The summed E-state index contributed by atoms with van der Waals surface area (Å²) in [5.41, 5.74) is 1.34. The molecule has 1 atom stereocenters. The standard InChI is InChI=1S/C16H16Cl2FNO/c1-3-21-14-7-5-4-6-13(14)20-10(2)15-11(17)8-9-12(19)16(15)18/h4-10,20H,3H2,1-2H3. The molecule has 0 saturated heterocycles. The molecule has 0 radical (unpaired) electrons. The maximum atomic E-state index is 13.6. The Morgan fingerprint density at radius 2 is 1.90 bits per heavy atom. The summed E-state index contributed by atoms with van der Waals surface area (Å²) < 4.78 is 19.2. The highest BCUT2D eigenvalue weighted by Gasteiger charge is 2.18. The van der Waals surface area contributed by atoms with Crippen LogP contribution in [0.1, 0.15) is 25.5 Å². The maximum Gasteiger partial charge on any atom is 0.142 e. The minimum absolute atomic E-state index is 0.0383. The molecule has 2 aromatic carbocycles. The summed E-state index contributed by atoms with van der Waals surface area (Å²) in [4.78, 5) is 0. The molecular weight excluding hydrogens is 312 g/mol. The summed E-state index contributed by atoms with van der Waals surface area (Å²) in [6.45, 7) is 4.35. The van der Waals surface area contributed by atoms with E-state index >= 15 is 0 Å². The van der Waals surface area contributed by atoms with Crippen LogP contribution in [0.2, 0.25) is 10.0 Å². The van der Waals surface area contributed by atoms with Crippen LogP contribution in [-0.2, 0) is 0 Å². The van der Waals surface area contributed by atoms with Gasteiger partial charge >= 0.3 is 0 Å². The van der Waals surface area contributed by atoms with Crippen LogP contribution in [-0.4, -0.2) is 6.61 Å². The lowest BCUT2D eigenvalue weighted by Gasteiger charge is -2.20. The molecule has 0 aliphatic rings. The minimum atomic E-state index is -0.484. The van der Waals surface area contributed by atoms with Crippen LogP contribution in [0.3, 0.4) is 0 Å². The van der Waals surface area contributed by atoms with Crippen molar-refractivity contribution in [2.45, 2.75) is 19.9 Å². The first-order valence-corrected chi connectivity index (χ1v) is 7.42. The van der Waals surface area contributed by atoms with Crippen molar-refractivity contribution < 1.29 is 9.13 Å². The lowest BCUT2D eigenvalue weighted by atomic mass is 10.1. The van der Waals surface area contributed by atoms with Crippen LogP contribution in [0.15, 0.2) is 36.4 Å². The van der Waals surface area contributed by atoms with Crippen LogP contribution in [0.5, 0.6) is 5.75 Å². The molecule has 21 heavy (non-hydrogen) atoms. The molecule has 2 nitrogen and oxygen atoms in total. The molecule has 0 aliphatic heterocycles. The summed E-state index contributed by atoms with van der Waals surface area (Å²) in [7, 11) is 0. The van der Waals surface area contributed by atoms with Crippen LogP contribution in [0.4, 0.5) is 10.1 Å². The summed E-state index contributed by atoms with van der Waals surface area (Å²) >= 11 is 12.2. The average Bonchev–Trinajstić information content (AvgIpc) is 2.46. The zero-order valence-electron chi connectivity index (χ0n) is 11.8. The molecule has 0 spiro atoms. The van der Waals surface area contributed by atoms with Gasteiger partial charge in [-0.1, -0.05) is 35.3 Å². The van der Waals surface area contributed by atoms with E-state index in [-0.39, 0.29) is 11.1 Å². The molecular formula is C16H16Cl2FNO. The second-order valence-corrected chi connectivity index (χ2v) is 5.34. The van der Waals surface area contributed by atoms with Gasteiger partial charge in [0, 0.05) is 10.6 Å². The third kappa shape index (κ3) is 3.60. The first-order valence-electron chi connectivity index (χ1n) is 6.66.